The third-order valence-corrected chi connectivity index (χ3v) is 7.90. The maximum Gasteiger partial charge on any atom is 0.439 e. The number of hydrogen-bond donors (Lipinski definition) is 2. The molecular weight excluding hydrogens is 522 g/mol. The molecule has 0 saturated heterocycles. The summed E-state index contributed by atoms with van der Waals surface area (Å²) < 4.78 is 6.50. The first kappa shape index (κ1) is 27.7. The van der Waals surface area contributed by atoms with Crippen LogP contribution in [0.1, 0.15) is 74.5 Å². The van der Waals surface area contributed by atoms with Crippen LogP contribution in [0, 0.1) is 6.92 Å². The number of nitrogens with zero attached hydrogens (tertiary/aromatic N) is 3. The van der Waals surface area contributed by atoms with E-state index in [2.05, 4.69) is 22.4 Å². The highest BCUT2D eigenvalue weighted by Crippen LogP contribution is 2.30. The van der Waals surface area contributed by atoms with Gasteiger partial charge < -0.3 is 5.32 Å². The zero-order valence-corrected chi connectivity index (χ0v) is 23.9. The van der Waals surface area contributed by atoms with Crippen LogP contribution in [0.2, 0.25) is 0 Å². The van der Waals surface area contributed by atoms with Gasteiger partial charge in [0, 0.05) is 18.0 Å². The van der Waals surface area contributed by atoms with Gasteiger partial charge >= 0.3 is 5.76 Å². The molecule has 8 nitrogen and oxygen atoms in total. The van der Waals surface area contributed by atoms with E-state index in [4.69, 9.17) is 21.7 Å². The third-order valence-electron chi connectivity index (χ3n) is 7.58. The first-order valence-electron chi connectivity index (χ1n) is 14.1. The van der Waals surface area contributed by atoms with Gasteiger partial charge in [-0.2, -0.15) is 0 Å². The van der Waals surface area contributed by atoms with E-state index in [1.165, 1.54) is 19.3 Å². The Morgan fingerprint density at radius 1 is 1.07 bits per heavy atom. The molecule has 1 fully saturated rings. The lowest BCUT2D eigenvalue weighted by molar-refractivity contribution is 0.388. The number of rotatable bonds is 9. The monoisotopic (exact) mass is 557 g/mol. The number of aromatic nitrogens is 4. The second-order valence-electron chi connectivity index (χ2n) is 10.5. The SMILES string of the molecule is CCCCc1nc(C)c(C(=S)NC2CCCCC2)c(=O)n1Cc1ccc(-c2ccccc2-c2noc(=O)[nH]2)cc1. The molecular formula is C31H35N5O3S. The average Bonchev–Trinajstić information content (AvgIpc) is 3.40. The molecule has 208 valence electrons. The predicted octanol–water partition coefficient (Wildman–Crippen LogP) is 5.55. The Labute approximate surface area is 238 Å². The van der Waals surface area contributed by atoms with Crippen molar-refractivity contribution in [2.45, 2.75) is 77.8 Å². The summed E-state index contributed by atoms with van der Waals surface area (Å²) in [4.78, 5) is 33.4. The summed E-state index contributed by atoms with van der Waals surface area (Å²) in [5.41, 5.74) is 4.74. The van der Waals surface area contributed by atoms with Crippen molar-refractivity contribution >= 4 is 17.2 Å². The number of hydrogen-bond acceptors (Lipinski definition) is 6. The average molecular weight is 558 g/mol. The molecule has 2 aromatic heterocycles. The Morgan fingerprint density at radius 2 is 1.80 bits per heavy atom. The van der Waals surface area contributed by atoms with E-state index in [-0.39, 0.29) is 5.56 Å². The largest absolute Gasteiger partial charge is 0.439 e. The van der Waals surface area contributed by atoms with Gasteiger partial charge in [0.15, 0.2) is 5.82 Å². The lowest BCUT2D eigenvalue weighted by atomic mass is 9.95. The van der Waals surface area contributed by atoms with Gasteiger partial charge in [-0.15, -0.1) is 0 Å². The molecule has 1 saturated carbocycles. The second kappa shape index (κ2) is 12.6. The van der Waals surface area contributed by atoms with Gasteiger partial charge in [0.2, 0.25) is 0 Å². The maximum absolute atomic E-state index is 13.9. The zero-order valence-electron chi connectivity index (χ0n) is 23.0. The molecule has 2 aromatic carbocycles. The van der Waals surface area contributed by atoms with Crippen molar-refractivity contribution in [1.82, 2.24) is 25.0 Å². The maximum atomic E-state index is 13.9. The van der Waals surface area contributed by atoms with Gasteiger partial charge in [0.25, 0.3) is 5.56 Å². The van der Waals surface area contributed by atoms with Crippen molar-refractivity contribution < 1.29 is 4.52 Å². The molecule has 0 atom stereocenters. The number of benzene rings is 2. The van der Waals surface area contributed by atoms with Crippen LogP contribution in [0.3, 0.4) is 0 Å². The van der Waals surface area contributed by atoms with E-state index in [0.29, 0.717) is 34.7 Å². The molecule has 0 radical (unpaired) electrons. The van der Waals surface area contributed by atoms with E-state index >= 15 is 0 Å². The number of aryl methyl sites for hydroxylation is 2. The number of aromatic amines is 1. The van der Waals surface area contributed by atoms with Gasteiger partial charge in [-0.3, -0.25) is 18.9 Å². The molecule has 0 spiro atoms. The Bertz CT molecular complexity index is 1600. The summed E-state index contributed by atoms with van der Waals surface area (Å²) in [6, 6.07) is 16.1. The smallest absolute Gasteiger partial charge is 0.373 e. The molecule has 4 aromatic rings. The highest BCUT2D eigenvalue weighted by molar-refractivity contribution is 7.80. The summed E-state index contributed by atoms with van der Waals surface area (Å²) in [6.07, 6.45) is 8.50. The lowest BCUT2D eigenvalue weighted by Crippen LogP contribution is -2.41. The summed E-state index contributed by atoms with van der Waals surface area (Å²) in [5, 5.41) is 7.31. The van der Waals surface area contributed by atoms with Crippen molar-refractivity contribution in [2.75, 3.05) is 0 Å². The Kier molecular flexibility index (Phi) is 8.69. The molecule has 5 rings (SSSR count). The fourth-order valence-corrected chi connectivity index (χ4v) is 5.83. The second-order valence-corrected chi connectivity index (χ2v) is 10.9. The molecule has 2 N–H and O–H groups in total. The minimum atomic E-state index is -0.594. The molecule has 40 heavy (non-hydrogen) atoms. The van der Waals surface area contributed by atoms with E-state index in [1.54, 1.807) is 4.57 Å². The van der Waals surface area contributed by atoms with Gasteiger partial charge in [0.1, 0.15) is 10.8 Å². The first-order chi connectivity index (χ1) is 19.4. The van der Waals surface area contributed by atoms with Gasteiger partial charge in [-0.25, -0.2) is 9.78 Å². The van der Waals surface area contributed by atoms with Crippen LogP contribution >= 0.6 is 12.2 Å². The number of nitrogens with one attached hydrogen (secondary N) is 2. The number of H-pyrrole nitrogens is 1. The quantitative estimate of drug-likeness (QED) is 0.260. The lowest BCUT2D eigenvalue weighted by Gasteiger charge is -2.25. The molecule has 0 amide bonds. The van der Waals surface area contributed by atoms with Crippen LogP contribution in [-0.4, -0.2) is 30.7 Å². The molecule has 2 heterocycles. The third kappa shape index (κ3) is 6.14. The van der Waals surface area contributed by atoms with E-state index in [1.807, 2.05) is 55.5 Å². The van der Waals surface area contributed by atoms with Crippen LogP contribution < -0.4 is 16.6 Å². The van der Waals surface area contributed by atoms with Gasteiger partial charge in [-0.05, 0) is 42.9 Å². The fourth-order valence-electron chi connectivity index (χ4n) is 5.43. The summed E-state index contributed by atoms with van der Waals surface area (Å²) in [6.45, 7) is 4.43. The van der Waals surface area contributed by atoms with Crippen LogP contribution in [0.15, 0.2) is 62.6 Å². The predicted molar refractivity (Wildman–Crippen MR) is 161 cm³/mol. The van der Waals surface area contributed by atoms with E-state index < -0.39 is 5.76 Å². The highest BCUT2D eigenvalue weighted by Gasteiger charge is 2.21. The Balaban J connectivity index is 1.45. The highest BCUT2D eigenvalue weighted by atomic mass is 32.1. The van der Waals surface area contributed by atoms with Crippen molar-refractivity contribution in [3.8, 4) is 22.5 Å². The normalized spacial score (nSPS) is 13.8. The van der Waals surface area contributed by atoms with Crippen LogP contribution in [0.25, 0.3) is 22.5 Å². The number of thiocarbonyl (C=S) groups is 1. The topological polar surface area (TPSA) is 106 Å². The van der Waals surface area contributed by atoms with Crippen LogP contribution in [0.4, 0.5) is 0 Å². The standard InChI is InChI=1S/C31H35N5O3S/c1-3-4-14-26-32-20(2)27(29(40)33-23-10-6-5-7-11-23)30(37)36(26)19-21-15-17-22(18-16-21)24-12-8-9-13-25(24)28-34-31(38)39-35-28/h8-9,12-13,15-18,23H,3-7,10-11,14,19H2,1-2H3,(H,33,40)(H,34,35,38). The zero-order chi connectivity index (χ0) is 28.1. The molecule has 1 aliphatic rings. The van der Waals surface area contributed by atoms with E-state index in [0.717, 1.165) is 60.2 Å². The van der Waals surface area contributed by atoms with Crippen molar-refractivity contribution in [1.29, 1.82) is 0 Å². The van der Waals surface area contributed by atoms with Gasteiger partial charge in [-0.1, -0.05) is 98.5 Å². The fraction of sp³-hybridized carbons (Fsp3) is 0.387. The van der Waals surface area contributed by atoms with Crippen molar-refractivity contribution in [2.24, 2.45) is 0 Å². The summed E-state index contributed by atoms with van der Waals surface area (Å²) in [7, 11) is 0. The molecule has 0 unspecified atom stereocenters. The van der Waals surface area contributed by atoms with E-state index in [9.17, 15) is 9.59 Å². The first-order valence-corrected chi connectivity index (χ1v) is 14.5. The summed E-state index contributed by atoms with van der Waals surface area (Å²) >= 11 is 5.76. The van der Waals surface area contributed by atoms with Gasteiger partial charge in [0.05, 0.1) is 17.8 Å². The minimum Gasteiger partial charge on any atom is -0.373 e. The minimum absolute atomic E-state index is 0.0867. The van der Waals surface area contributed by atoms with Crippen molar-refractivity contribution in [3.05, 3.63) is 92.1 Å². The Hall–Kier alpha value is -3.85. The number of unbranched alkanes of at least 4 members (excludes halogenated alkanes) is 1. The molecule has 0 aliphatic heterocycles. The van der Waals surface area contributed by atoms with Crippen molar-refractivity contribution in [3.63, 3.8) is 0 Å². The molecule has 0 bridgehead atoms. The van der Waals surface area contributed by atoms with Crippen LogP contribution in [0.5, 0.6) is 0 Å². The summed E-state index contributed by atoms with van der Waals surface area (Å²) in [5.74, 6) is 0.579. The Morgan fingerprint density at radius 3 is 2.48 bits per heavy atom. The van der Waals surface area contributed by atoms with Crippen LogP contribution in [-0.2, 0) is 13.0 Å². The molecule has 1 aliphatic carbocycles. The molecule has 9 heteroatoms.